The number of carbonyl (C=O) groups excluding carboxylic acids is 2. The highest BCUT2D eigenvalue weighted by Crippen LogP contribution is 2.30. The fourth-order valence-electron chi connectivity index (χ4n) is 2.95. The van der Waals surface area contributed by atoms with Gasteiger partial charge in [-0.2, -0.15) is 0 Å². The number of anilines is 1. The lowest BCUT2D eigenvalue weighted by Crippen LogP contribution is -2.30. The van der Waals surface area contributed by atoms with Crippen molar-refractivity contribution in [1.29, 1.82) is 0 Å². The Morgan fingerprint density at radius 3 is 2.52 bits per heavy atom. The second-order valence-corrected chi connectivity index (χ2v) is 7.38. The zero-order valence-corrected chi connectivity index (χ0v) is 16.2. The van der Waals surface area contributed by atoms with Crippen LogP contribution in [0.25, 0.3) is 10.8 Å². The minimum atomic E-state index is -0.481. The second-order valence-electron chi connectivity index (χ2n) is 6.94. The Balaban J connectivity index is 1.62. The molecule has 3 N–H and O–H groups in total. The Morgan fingerprint density at radius 2 is 1.79 bits per heavy atom. The number of fused-ring (bicyclic) bond motifs is 1. The molecule has 2 amide bonds. The fourth-order valence-corrected chi connectivity index (χ4v) is 3.13. The van der Waals surface area contributed by atoms with Gasteiger partial charge in [-0.3, -0.25) is 9.59 Å². The molecule has 0 unspecified atom stereocenters. The summed E-state index contributed by atoms with van der Waals surface area (Å²) < 4.78 is 5.69. The predicted octanol–water partition coefficient (Wildman–Crippen LogP) is 4.11. The molecule has 3 aromatic carbocycles. The van der Waals surface area contributed by atoms with Gasteiger partial charge in [0, 0.05) is 11.1 Å². The zero-order valence-electron chi connectivity index (χ0n) is 15.4. The van der Waals surface area contributed by atoms with Gasteiger partial charge < -0.3 is 20.5 Å². The van der Waals surface area contributed by atoms with Gasteiger partial charge >= 0.3 is 0 Å². The molecule has 1 saturated carbocycles. The van der Waals surface area contributed by atoms with Gasteiger partial charge in [0.1, 0.15) is 11.5 Å². The minimum Gasteiger partial charge on any atom is -0.506 e. The van der Waals surface area contributed by atoms with E-state index < -0.39 is 5.91 Å². The van der Waals surface area contributed by atoms with Gasteiger partial charge in [-0.15, -0.1) is 0 Å². The highest BCUT2D eigenvalue weighted by Gasteiger charge is 2.24. The average molecular weight is 411 g/mol. The summed E-state index contributed by atoms with van der Waals surface area (Å²) in [5, 5.41) is 17.6. The van der Waals surface area contributed by atoms with E-state index in [0.29, 0.717) is 5.02 Å². The van der Waals surface area contributed by atoms with Gasteiger partial charge in [0.15, 0.2) is 6.61 Å². The summed E-state index contributed by atoms with van der Waals surface area (Å²) in [6.45, 7) is -0.183. The lowest BCUT2D eigenvalue weighted by molar-refractivity contribution is -0.123. The second kappa shape index (κ2) is 8.01. The standard InChI is InChI=1S/C22H19ClN2O4/c23-15-5-8-19(26)18(11-15)25-22(28)17-9-13-3-1-2-4-14(13)10-20(17)29-12-21(27)24-16-6-7-16/h1-5,8-11,16,26H,6-7,12H2,(H,24,27)(H,25,28). The fraction of sp³-hybridized carbons (Fsp3) is 0.182. The first-order valence-corrected chi connectivity index (χ1v) is 9.62. The molecule has 0 heterocycles. The molecule has 3 aromatic rings. The minimum absolute atomic E-state index is 0.102. The molecule has 1 aliphatic rings. The maximum Gasteiger partial charge on any atom is 0.259 e. The monoisotopic (exact) mass is 410 g/mol. The van der Waals surface area contributed by atoms with E-state index in [2.05, 4.69) is 10.6 Å². The molecule has 0 bridgehead atoms. The van der Waals surface area contributed by atoms with E-state index in [0.717, 1.165) is 23.6 Å². The molecule has 7 heteroatoms. The van der Waals surface area contributed by atoms with Gasteiger partial charge in [0.25, 0.3) is 11.8 Å². The summed E-state index contributed by atoms with van der Waals surface area (Å²) in [5.41, 5.74) is 0.440. The Hall–Kier alpha value is -3.25. The summed E-state index contributed by atoms with van der Waals surface area (Å²) in [7, 11) is 0. The Morgan fingerprint density at radius 1 is 1.07 bits per heavy atom. The van der Waals surface area contributed by atoms with E-state index >= 15 is 0 Å². The van der Waals surface area contributed by atoms with Crippen LogP contribution in [0.15, 0.2) is 54.6 Å². The molecule has 0 aromatic heterocycles. The van der Waals surface area contributed by atoms with Crippen molar-refractivity contribution in [2.45, 2.75) is 18.9 Å². The van der Waals surface area contributed by atoms with E-state index in [9.17, 15) is 14.7 Å². The van der Waals surface area contributed by atoms with Crippen LogP contribution in [0.3, 0.4) is 0 Å². The van der Waals surface area contributed by atoms with E-state index in [1.54, 1.807) is 12.1 Å². The molecule has 29 heavy (non-hydrogen) atoms. The van der Waals surface area contributed by atoms with Crippen LogP contribution in [-0.2, 0) is 4.79 Å². The van der Waals surface area contributed by atoms with Crippen LogP contribution in [0.5, 0.6) is 11.5 Å². The summed E-state index contributed by atoms with van der Waals surface area (Å²) >= 11 is 5.96. The highest BCUT2D eigenvalue weighted by atomic mass is 35.5. The molecule has 6 nitrogen and oxygen atoms in total. The van der Waals surface area contributed by atoms with Crippen LogP contribution in [-0.4, -0.2) is 29.6 Å². The number of halogens is 1. The van der Waals surface area contributed by atoms with Gasteiger partial charge in [-0.25, -0.2) is 0 Å². The molecule has 0 atom stereocenters. The molecular formula is C22H19ClN2O4. The van der Waals surface area contributed by atoms with Crippen molar-refractivity contribution >= 4 is 39.9 Å². The lowest BCUT2D eigenvalue weighted by Gasteiger charge is -2.14. The number of nitrogens with one attached hydrogen (secondary N) is 2. The first-order valence-electron chi connectivity index (χ1n) is 9.24. The number of benzene rings is 3. The van der Waals surface area contributed by atoms with Crippen LogP contribution < -0.4 is 15.4 Å². The molecule has 148 valence electrons. The van der Waals surface area contributed by atoms with Crippen LogP contribution in [0, 0.1) is 0 Å². The Bertz CT molecular complexity index is 1100. The molecule has 1 aliphatic carbocycles. The quantitative estimate of drug-likeness (QED) is 0.534. The van der Waals surface area contributed by atoms with Crippen molar-refractivity contribution in [3.05, 3.63) is 65.2 Å². The summed E-state index contributed by atoms with van der Waals surface area (Å²) in [4.78, 5) is 24.9. The van der Waals surface area contributed by atoms with E-state index in [1.807, 2.05) is 24.3 Å². The first-order chi connectivity index (χ1) is 14.0. The molecule has 0 aliphatic heterocycles. The predicted molar refractivity (Wildman–Crippen MR) is 112 cm³/mol. The van der Waals surface area contributed by atoms with Gasteiger partial charge in [0.05, 0.1) is 11.3 Å². The molecule has 1 fully saturated rings. The topological polar surface area (TPSA) is 87.7 Å². The SMILES string of the molecule is O=C(COc1cc2ccccc2cc1C(=O)Nc1cc(Cl)ccc1O)NC1CC1. The van der Waals surface area contributed by atoms with Crippen molar-refractivity contribution in [2.75, 3.05) is 11.9 Å². The lowest BCUT2D eigenvalue weighted by atomic mass is 10.1. The third kappa shape index (κ3) is 4.60. The number of carbonyl (C=O) groups is 2. The number of phenols is 1. The largest absolute Gasteiger partial charge is 0.506 e. The normalized spacial score (nSPS) is 13.1. The first kappa shape index (κ1) is 19.1. The van der Waals surface area contributed by atoms with Gasteiger partial charge in [0.2, 0.25) is 0 Å². The zero-order chi connectivity index (χ0) is 20.4. The smallest absolute Gasteiger partial charge is 0.259 e. The number of aromatic hydroxyl groups is 1. The molecule has 0 spiro atoms. The van der Waals surface area contributed by atoms with Crippen LogP contribution in [0.4, 0.5) is 5.69 Å². The van der Waals surface area contributed by atoms with Crippen molar-refractivity contribution in [2.24, 2.45) is 0 Å². The number of amides is 2. The number of ether oxygens (including phenoxy) is 1. The Labute approximate surface area is 172 Å². The highest BCUT2D eigenvalue weighted by molar-refractivity contribution is 6.31. The number of hydrogen-bond acceptors (Lipinski definition) is 4. The van der Waals surface area contributed by atoms with Gasteiger partial charge in [-0.1, -0.05) is 35.9 Å². The average Bonchev–Trinajstić information content (AvgIpc) is 3.52. The third-order valence-corrected chi connectivity index (χ3v) is 4.84. The molecule has 0 saturated heterocycles. The van der Waals surface area contributed by atoms with E-state index in [-0.39, 0.29) is 41.3 Å². The summed E-state index contributed by atoms with van der Waals surface area (Å²) in [5.74, 6) is -0.520. The molecule has 0 radical (unpaired) electrons. The van der Waals surface area contributed by atoms with Gasteiger partial charge in [-0.05, 0) is 53.9 Å². The van der Waals surface area contributed by atoms with Crippen molar-refractivity contribution in [1.82, 2.24) is 5.32 Å². The van der Waals surface area contributed by atoms with Crippen molar-refractivity contribution in [3.63, 3.8) is 0 Å². The van der Waals surface area contributed by atoms with Crippen LogP contribution >= 0.6 is 11.6 Å². The maximum atomic E-state index is 12.9. The number of phenolic OH excluding ortho intramolecular Hbond substituents is 1. The Kier molecular flexibility index (Phi) is 5.27. The van der Waals surface area contributed by atoms with E-state index in [4.69, 9.17) is 16.3 Å². The van der Waals surface area contributed by atoms with E-state index in [1.165, 1.54) is 18.2 Å². The number of hydrogen-bond donors (Lipinski definition) is 3. The summed E-state index contributed by atoms with van der Waals surface area (Å²) in [6.07, 6.45) is 1.97. The maximum absolute atomic E-state index is 12.9. The van der Waals surface area contributed by atoms with Crippen LogP contribution in [0.2, 0.25) is 5.02 Å². The summed E-state index contributed by atoms with van der Waals surface area (Å²) in [6, 6.07) is 15.6. The number of rotatable bonds is 6. The van der Waals surface area contributed by atoms with Crippen LogP contribution in [0.1, 0.15) is 23.2 Å². The molecular weight excluding hydrogens is 392 g/mol. The van der Waals surface area contributed by atoms with Crippen molar-refractivity contribution in [3.8, 4) is 11.5 Å². The van der Waals surface area contributed by atoms with Crippen molar-refractivity contribution < 1.29 is 19.4 Å². The molecule has 4 rings (SSSR count). The third-order valence-electron chi connectivity index (χ3n) is 4.60.